The molecule has 0 unspecified atom stereocenters. The van der Waals surface area contributed by atoms with Crippen molar-refractivity contribution in [1.29, 1.82) is 0 Å². The van der Waals surface area contributed by atoms with Gasteiger partial charge in [-0.15, -0.1) is 0 Å². The Morgan fingerprint density at radius 1 is 1.21 bits per heavy atom. The van der Waals surface area contributed by atoms with Gasteiger partial charge < -0.3 is 10.1 Å². The van der Waals surface area contributed by atoms with Crippen molar-refractivity contribution in [3.05, 3.63) is 58.3 Å². The van der Waals surface area contributed by atoms with Crippen LogP contribution in [0.5, 0.6) is 5.75 Å². The summed E-state index contributed by atoms with van der Waals surface area (Å²) in [4.78, 5) is 0. The van der Waals surface area contributed by atoms with Gasteiger partial charge in [-0.2, -0.15) is 0 Å². The van der Waals surface area contributed by atoms with E-state index in [-0.39, 0.29) is 5.82 Å². The summed E-state index contributed by atoms with van der Waals surface area (Å²) < 4.78 is 19.6. The number of benzene rings is 2. The molecule has 0 radical (unpaired) electrons. The van der Waals surface area contributed by atoms with Gasteiger partial charge in [0.1, 0.15) is 18.2 Å². The van der Waals surface area contributed by atoms with E-state index in [1.165, 1.54) is 12.1 Å². The van der Waals surface area contributed by atoms with Crippen LogP contribution in [0.15, 0.2) is 46.9 Å². The first-order valence-electron chi connectivity index (χ1n) is 6.03. The first-order valence-corrected chi connectivity index (χ1v) is 6.83. The number of hydrogen-bond donors (Lipinski definition) is 1. The van der Waals surface area contributed by atoms with Crippen molar-refractivity contribution < 1.29 is 9.13 Å². The van der Waals surface area contributed by atoms with Gasteiger partial charge in [-0.1, -0.05) is 22.0 Å². The second-order valence-electron chi connectivity index (χ2n) is 4.20. The summed E-state index contributed by atoms with van der Waals surface area (Å²) in [6.45, 7) is 3.16. The van der Waals surface area contributed by atoms with Crippen LogP contribution in [-0.4, -0.2) is 13.2 Å². The van der Waals surface area contributed by atoms with Gasteiger partial charge in [0.2, 0.25) is 0 Å². The zero-order valence-corrected chi connectivity index (χ0v) is 12.2. The highest BCUT2D eigenvalue weighted by Crippen LogP contribution is 2.21. The van der Waals surface area contributed by atoms with Crippen molar-refractivity contribution in [2.45, 2.75) is 6.92 Å². The fourth-order valence-corrected chi connectivity index (χ4v) is 1.92. The Morgan fingerprint density at radius 3 is 2.79 bits per heavy atom. The zero-order chi connectivity index (χ0) is 13.7. The second kappa shape index (κ2) is 6.57. The maximum atomic E-state index is 12.9. The van der Waals surface area contributed by atoms with Crippen molar-refractivity contribution in [1.82, 2.24) is 0 Å². The van der Waals surface area contributed by atoms with Gasteiger partial charge in [0, 0.05) is 16.7 Å². The monoisotopic (exact) mass is 323 g/mol. The van der Waals surface area contributed by atoms with Gasteiger partial charge in [0.15, 0.2) is 0 Å². The van der Waals surface area contributed by atoms with Gasteiger partial charge in [-0.05, 0) is 48.9 Å². The number of anilines is 1. The van der Waals surface area contributed by atoms with Crippen LogP contribution in [0.25, 0.3) is 0 Å². The number of rotatable bonds is 5. The summed E-state index contributed by atoms with van der Waals surface area (Å²) in [7, 11) is 0. The molecule has 0 bridgehead atoms. The Kier molecular flexibility index (Phi) is 4.80. The molecular weight excluding hydrogens is 309 g/mol. The van der Waals surface area contributed by atoms with Crippen molar-refractivity contribution >= 4 is 21.6 Å². The molecule has 0 aliphatic carbocycles. The lowest BCUT2D eigenvalue weighted by molar-refractivity contribution is 0.332. The quantitative estimate of drug-likeness (QED) is 0.824. The molecule has 2 aromatic rings. The van der Waals surface area contributed by atoms with E-state index >= 15 is 0 Å². The van der Waals surface area contributed by atoms with Gasteiger partial charge >= 0.3 is 0 Å². The molecule has 0 saturated carbocycles. The van der Waals surface area contributed by atoms with Crippen LogP contribution in [0.4, 0.5) is 10.1 Å². The molecule has 2 rings (SSSR count). The lowest BCUT2D eigenvalue weighted by atomic mass is 10.2. The van der Waals surface area contributed by atoms with E-state index in [4.69, 9.17) is 4.74 Å². The number of hydrogen-bond acceptors (Lipinski definition) is 2. The Balaban J connectivity index is 1.79. The van der Waals surface area contributed by atoms with Gasteiger partial charge in [0.05, 0.1) is 0 Å². The predicted molar refractivity (Wildman–Crippen MR) is 79.3 cm³/mol. The van der Waals surface area contributed by atoms with Crippen molar-refractivity contribution in [2.24, 2.45) is 0 Å². The molecule has 100 valence electrons. The zero-order valence-electron chi connectivity index (χ0n) is 10.6. The van der Waals surface area contributed by atoms with Crippen LogP contribution in [0.2, 0.25) is 0 Å². The summed E-state index contributed by atoms with van der Waals surface area (Å²) in [6.07, 6.45) is 0. The molecule has 2 aromatic carbocycles. The van der Waals surface area contributed by atoms with E-state index in [9.17, 15) is 4.39 Å². The Hall–Kier alpha value is -1.55. The van der Waals surface area contributed by atoms with E-state index in [0.717, 1.165) is 21.5 Å². The third kappa shape index (κ3) is 4.24. The van der Waals surface area contributed by atoms with Crippen molar-refractivity contribution in [3.8, 4) is 5.75 Å². The largest absolute Gasteiger partial charge is 0.492 e. The topological polar surface area (TPSA) is 21.3 Å². The molecule has 0 saturated heterocycles. The average Bonchev–Trinajstić information content (AvgIpc) is 2.39. The number of aryl methyl sites for hydroxylation is 1. The van der Waals surface area contributed by atoms with Crippen molar-refractivity contribution in [3.63, 3.8) is 0 Å². The molecule has 0 aliphatic heterocycles. The summed E-state index contributed by atoms with van der Waals surface area (Å²) in [6, 6.07) is 12.2. The normalized spacial score (nSPS) is 10.3. The van der Waals surface area contributed by atoms with Gasteiger partial charge in [0.25, 0.3) is 0 Å². The predicted octanol–water partition coefficient (Wildman–Crippen LogP) is 4.39. The maximum Gasteiger partial charge on any atom is 0.125 e. The molecule has 0 aromatic heterocycles. The second-order valence-corrected chi connectivity index (χ2v) is 5.05. The number of ether oxygens (including phenoxy) is 1. The maximum absolute atomic E-state index is 12.9. The summed E-state index contributed by atoms with van der Waals surface area (Å²) in [5, 5.41) is 3.11. The highest BCUT2D eigenvalue weighted by molar-refractivity contribution is 9.10. The lowest BCUT2D eigenvalue weighted by Crippen LogP contribution is -2.11. The van der Waals surface area contributed by atoms with Crippen LogP contribution < -0.4 is 10.1 Å². The Labute approximate surface area is 120 Å². The van der Waals surface area contributed by atoms with E-state index < -0.39 is 0 Å². The molecule has 0 spiro atoms. The van der Waals surface area contributed by atoms with E-state index in [1.54, 1.807) is 6.07 Å². The molecule has 0 atom stereocenters. The third-order valence-electron chi connectivity index (χ3n) is 2.65. The third-order valence-corrected chi connectivity index (χ3v) is 3.54. The molecule has 2 nitrogen and oxygen atoms in total. The van der Waals surface area contributed by atoms with Crippen LogP contribution >= 0.6 is 15.9 Å². The number of halogens is 2. The minimum Gasteiger partial charge on any atom is -0.492 e. The minimum absolute atomic E-state index is 0.241. The average molecular weight is 324 g/mol. The fraction of sp³-hybridized carbons (Fsp3) is 0.200. The molecule has 19 heavy (non-hydrogen) atoms. The highest BCUT2D eigenvalue weighted by atomic mass is 79.9. The smallest absolute Gasteiger partial charge is 0.125 e. The van der Waals surface area contributed by atoms with E-state index in [1.807, 2.05) is 31.2 Å². The van der Waals surface area contributed by atoms with Crippen LogP contribution in [0.3, 0.4) is 0 Å². The van der Waals surface area contributed by atoms with Crippen LogP contribution in [0.1, 0.15) is 5.56 Å². The highest BCUT2D eigenvalue weighted by Gasteiger charge is 1.98. The van der Waals surface area contributed by atoms with E-state index in [2.05, 4.69) is 21.2 Å². The lowest BCUT2D eigenvalue weighted by Gasteiger charge is -2.09. The molecule has 0 aliphatic rings. The minimum atomic E-state index is -0.241. The molecule has 0 amide bonds. The standard InChI is InChI=1S/C15H15BrFNO/c1-11-9-14(5-6-15(11)16)19-8-7-18-13-4-2-3-12(17)10-13/h2-6,9-10,18H,7-8H2,1H3. The number of nitrogens with one attached hydrogen (secondary N) is 1. The van der Waals surface area contributed by atoms with Crippen LogP contribution in [-0.2, 0) is 0 Å². The first-order chi connectivity index (χ1) is 9.15. The van der Waals surface area contributed by atoms with Crippen LogP contribution in [0, 0.1) is 12.7 Å². The fourth-order valence-electron chi connectivity index (χ4n) is 1.67. The first kappa shape index (κ1) is 13.9. The molecule has 4 heteroatoms. The van der Waals surface area contributed by atoms with Gasteiger partial charge in [-0.3, -0.25) is 0 Å². The Morgan fingerprint density at radius 2 is 2.05 bits per heavy atom. The van der Waals surface area contributed by atoms with Crippen molar-refractivity contribution in [2.75, 3.05) is 18.5 Å². The molecular formula is C15H15BrFNO. The molecule has 1 N–H and O–H groups in total. The SMILES string of the molecule is Cc1cc(OCCNc2cccc(F)c2)ccc1Br. The summed E-state index contributed by atoms with van der Waals surface area (Å²) in [5.41, 5.74) is 1.89. The Bertz CT molecular complexity index is 560. The molecule has 0 fully saturated rings. The summed E-state index contributed by atoms with van der Waals surface area (Å²) >= 11 is 3.45. The summed E-state index contributed by atoms with van der Waals surface area (Å²) in [5.74, 6) is 0.594. The molecule has 0 heterocycles. The van der Waals surface area contributed by atoms with E-state index in [0.29, 0.717) is 13.2 Å². The van der Waals surface area contributed by atoms with Gasteiger partial charge in [-0.25, -0.2) is 4.39 Å².